The van der Waals surface area contributed by atoms with Crippen molar-refractivity contribution >= 4 is 28.9 Å². The van der Waals surface area contributed by atoms with Crippen LogP contribution in [0.4, 0.5) is 5.69 Å². The van der Waals surface area contributed by atoms with E-state index < -0.39 is 0 Å². The molecule has 1 saturated heterocycles. The first-order chi connectivity index (χ1) is 13.3. The van der Waals surface area contributed by atoms with Crippen LogP contribution in [-0.4, -0.2) is 49.7 Å². The van der Waals surface area contributed by atoms with Gasteiger partial charge in [0.2, 0.25) is 0 Å². The number of ketones is 2. The summed E-state index contributed by atoms with van der Waals surface area (Å²) >= 11 is 6.36. The number of piperazine rings is 1. The van der Waals surface area contributed by atoms with Gasteiger partial charge in [0.1, 0.15) is 0 Å². The Balaban J connectivity index is 1.75. The highest BCUT2D eigenvalue weighted by Crippen LogP contribution is 2.31. The number of likely N-dealkylation sites (N-methyl/N-ethyl adjacent to an activating group) is 1. The third-order valence-corrected chi connectivity index (χ3v) is 6.09. The van der Waals surface area contributed by atoms with Crippen LogP contribution in [0.1, 0.15) is 42.6 Å². The van der Waals surface area contributed by atoms with Crippen molar-refractivity contribution in [2.24, 2.45) is 5.92 Å². The van der Waals surface area contributed by atoms with Crippen LogP contribution in [0.3, 0.4) is 0 Å². The molecule has 1 aromatic rings. The van der Waals surface area contributed by atoms with E-state index in [1.54, 1.807) is 12.1 Å². The van der Waals surface area contributed by atoms with E-state index in [1.807, 2.05) is 32.9 Å². The first kappa shape index (κ1) is 20.8. The lowest BCUT2D eigenvalue weighted by Gasteiger charge is -2.35. The van der Waals surface area contributed by atoms with E-state index in [2.05, 4.69) is 16.8 Å². The van der Waals surface area contributed by atoms with E-state index in [9.17, 15) is 9.59 Å². The van der Waals surface area contributed by atoms with Gasteiger partial charge in [0, 0.05) is 54.8 Å². The second-order valence-corrected chi connectivity index (χ2v) is 8.52. The average Bonchev–Trinajstić information content (AvgIpc) is 2.63. The van der Waals surface area contributed by atoms with Gasteiger partial charge in [-0.2, -0.15) is 0 Å². The Morgan fingerprint density at radius 3 is 2.43 bits per heavy atom. The first-order valence-electron chi connectivity index (χ1n) is 9.93. The summed E-state index contributed by atoms with van der Waals surface area (Å²) in [5.74, 6) is -0.0299. The number of halogens is 1. The minimum atomic E-state index is -0.191. The number of Topliss-reactive ketones (excluding diaryl/α,β-unsaturated/α-hetero) is 1. The number of anilines is 1. The van der Waals surface area contributed by atoms with Crippen LogP contribution in [0.2, 0.25) is 5.02 Å². The Morgan fingerprint density at radius 1 is 1.11 bits per heavy atom. The number of hydrogen-bond acceptors (Lipinski definition) is 4. The lowest BCUT2D eigenvalue weighted by atomic mass is 9.84. The van der Waals surface area contributed by atoms with Crippen LogP contribution in [-0.2, 0) is 4.79 Å². The maximum atomic E-state index is 13.0. The second kappa shape index (κ2) is 8.62. The van der Waals surface area contributed by atoms with Crippen LogP contribution >= 0.6 is 11.6 Å². The summed E-state index contributed by atoms with van der Waals surface area (Å²) < 4.78 is 0. The van der Waals surface area contributed by atoms with E-state index in [-0.39, 0.29) is 17.5 Å². The minimum absolute atomic E-state index is 0.0576. The fourth-order valence-corrected chi connectivity index (χ4v) is 4.37. The van der Waals surface area contributed by atoms with E-state index in [0.29, 0.717) is 23.4 Å². The third-order valence-electron chi connectivity index (χ3n) is 5.87. The SMILES string of the molecule is CC1=CC(=O)C(CCC(=O)c2cc(Cl)cc(N3CCN(C)CC3)c2C)C(C)=C1. The predicted octanol–water partition coefficient (Wildman–Crippen LogP) is 4.45. The molecule has 1 aromatic carbocycles. The molecule has 0 saturated carbocycles. The highest BCUT2D eigenvalue weighted by atomic mass is 35.5. The molecule has 0 spiro atoms. The van der Waals surface area contributed by atoms with Crippen molar-refractivity contribution in [2.45, 2.75) is 33.6 Å². The number of carbonyl (C=O) groups is 2. The monoisotopic (exact) mass is 400 g/mol. The zero-order chi connectivity index (χ0) is 20.4. The van der Waals surface area contributed by atoms with Crippen LogP contribution in [0.25, 0.3) is 0 Å². The molecular formula is C23H29ClN2O2. The molecule has 1 unspecified atom stereocenters. The molecule has 1 aliphatic carbocycles. The van der Waals surface area contributed by atoms with Gasteiger partial charge >= 0.3 is 0 Å². The minimum Gasteiger partial charge on any atom is -0.369 e. The lowest BCUT2D eigenvalue weighted by Crippen LogP contribution is -2.44. The molecular weight excluding hydrogens is 372 g/mol. The zero-order valence-electron chi connectivity index (χ0n) is 17.2. The molecule has 1 heterocycles. The van der Waals surface area contributed by atoms with Crippen molar-refractivity contribution in [1.29, 1.82) is 0 Å². The third kappa shape index (κ3) is 4.56. The molecule has 3 rings (SSSR count). The van der Waals surface area contributed by atoms with Gasteiger partial charge in [-0.3, -0.25) is 9.59 Å². The van der Waals surface area contributed by atoms with Gasteiger partial charge in [0.15, 0.2) is 11.6 Å². The molecule has 1 atom stereocenters. The molecule has 0 N–H and O–H groups in total. The molecule has 1 fully saturated rings. The summed E-state index contributed by atoms with van der Waals surface area (Å²) in [6, 6.07) is 3.73. The number of rotatable bonds is 5. The highest BCUT2D eigenvalue weighted by molar-refractivity contribution is 6.31. The van der Waals surface area contributed by atoms with Gasteiger partial charge < -0.3 is 9.80 Å². The molecule has 28 heavy (non-hydrogen) atoms. The average molecular weight is 401 g/mol. The van der Waals surface area contributed by atoms with Gasteiger partial charge in [0.25, 0.3) is 0 Å². The summed E-state index contributed by atoms with van der Waals surface area (Å²) in [5.41, 5.74) is 4.73. The van der Waals surface area contributed by atoms with E-state index >= 15 is 0 Å². The van der Waals surface area contributed by atoms with E-state index in [0.717, 1.165) is 48.6 Å². The first-order valence-corrected chi connectivity index (χ1v) is 10.3. The van der Waals surface area contributed by atoms with Crippen molar-refractivity contribution in [3.63, 3.8) is 0 Å². The Morgan fingerprint density at radius 2 is 1.79 bits per heavy atom. The van der Waals surface area contributed by atoms with Crippen LogP contribution in [0.5, 0.6) is 0 Å². The van der Waals surface area contributed by atoms with Gasteiger partial charge in [0.05, 0.1) is 0 Å². The van der Waals surface area contributed by atoms with Crippen LogP contribution in [0, 0.1) is 12.8 Å². The Hall–Kier alpha value is -1.91. The molecule has 0 radical (unpaired) electrons. The maximum Gasteiger partial charge on any atom is 0.163 e. The maximum absolute atomic E-state index is 13.0. The fourth-order valence-electron chi connectivity index (χ4n) is 4.16. The standard InChI is InChI=1S/C23H29ClN2O2/c1-15-11-16(2)19(23(28)12-15)5-6-22(27)20-13-18(24)14-21(17(20)3)26-9-7-25(4)8-10-26/h11-14,19H,5-10H2,1-4H3. The largest absolute Gasteiger partial charge is 0.369 e. The summed E-state index contributed by atoms with van der Waals surface area (Å²) in [5, 5.41) is 0.589. The van der Waals surface area contributed by atoms with Crippen molar-refractivity contribution < 1.29 is 9.59 Å². The van der Waals surface area contributed by atoms with Gasteiger partial charge in [-0.05, 0) is 63.6 Å². The normalized spacial score (nSPS) is 20.8. The summed E-state index contributed by atoms with van der Waals surface area (Å²) in [7, 11) is 2.12. The number of carbonyl (C=O) groups excluding carboxylic acids is 2. The predicted molar refractivity (Wildman–Crippen MR) is 115 cm³/mol. The summed E-state index contributed by atoms with van der Waals surface area (Å²) in [4.78, 5) is 29.9. The van der Waals surface area contributed by atoms with Crippen LogP contribution < -0.4 is 4.90 Å². The molecule has 0 aromatic heterocycles. The molecule has 150 valence electrons. The van der Waals surface area contributed by atoms with Crippen molar-refractivity contribution in [2.75, 3.05) is 38.1 Å². The van der Waals surface area contributed by atoms with Crippen molar-refractivity contribution in [3.8, 4) is 0 Å². The highest BCUT2D eigenvalue weighted by Gasteiger charge is 2.25. The number of hydrogen-bond donors (Lipinski definition) is 0. The van der Waals surface area contributed by atoms with Gasteiger partial charge in [-0.15, -0.1) is 0 Å². The quantitative estimate of drug-likeness (QED) is 0.684. The van der Waals surface area contributed by atoms with Crippen molar-refractivity contribution in [3.05, 3.63) is 51.6 Å². The smallest absolute Gasteiger partial charge is 0.163 e. The molecule has 2 aliphatic rings. The zero-order valence-corrected chi connectivity index (χ0v) is 18.0. The topological polar surface area (TPSA) is 40.6 Å². The molecule has 4 nitrogen and oxygen atoms in total. The molecule has 0 bridgehead atoms. The van der Waals surface area contributed by atoms with Gasteiger partial charge in [-0.1, -0.05) is 23.3 Å². The number of allylic oxidation sites excluding steroid dienone is 4. The van der Waals surface area contributed by atoms with Crippen LogP contribution in [0.15, 0.2) is 35.4 Å². The Labute approximate surface area is 172 Å². The van der Waals surface area contributed by atoms with E-state index in [4.69, 9.17) is 11.6 Å². The molecule has 0 amide bonds. The summed E-state index contributed by atoms with van der Waals surface area (Å²) in [6.45, 7) is 9.75. The summed E-state index contributed by atoms with van der Waals surface area (Å²) in [6.07, 6.45) is 4.60. The second-order valence-electron chi connectivity index (χ2n) is 8.08. The molecule has 1 aliphatic heterocycles. The Bertz CT molecular complexity index is 848. The van der Waals surface area contributed by atoms with Gasteiger partial charge in [-0.25, -0.2) is 0 Å². The fraction of sp³-hybridized carbons (Fsp3) is 0.478. The molecule has 5 heteroatoms. The lowest BCUT2D eigenvalue weighted by molar-refractivity contribution is -0.117. The number of nitrogens with zero attached hydrogens (tertiary/aromatic N) is 2. The van der Waals surface area contributed by atoms with E-state index in [1.165, 1.54) is 0 Å². The van der Waals surface area contributed by atoms with Crippen molar-refractivity contribution in [1.82, 2.24) is 4.90 Å². The number of benzene rings is 1. The Kier molecular flexibility index (Phi) is 6.41.